The third-order valence-electron chi connectivity index (χ3n) is 3.30. The van der Waals surface area contributed by atoms with E-state index in [1.807, 2.05) is 0 Å². The summed E-state index contributed by atoms with van der Waals surface area (Å²) in [6.07, 6.45) is 4.72. The molecule has 2 aliphatic rings. The van der Waals surface area contributed by atoms with Gasteiger partial charge in [0.25, 0.3) is 0 Å². The third kappa shape index (κ3) is 3.65. The highest BCUT2D eigenvalue weighted by molar-refractivity contribution is 8.39. The zero-order chi connectivity index (χ0) is 12.1. The molecule has 5 heteroatoms. The van der Waals surface area contributed by atoms with Crippen LogP contribution in [0, 0.1) is 0 Å². The minimum Gasteiger partial charge on any atom is -0.339 e. The fourth-order valence-corrected chi connectivity index (χ4v) is 4.26. The van der Waals surface area contributed by atoms with Crippen LogP contribution in [0.5, 0.6) is 0 Å². The second kappa shape index (κ2) is 6.69. The van der Waals surface area contributed by atoms with Gasteiger partial charge in [-0.2, -0.15) is 0 Å². The van der Waals surface area contributed by atoms with E-state index in [4.69, 9.17) is 0 Å². The van der Waals surface area contributed by atoms with Crippen molar-refractivity contribution in [1.29, 1.82) is 0 Å². The summed E-state index contributed by atoms with van der Waals surface area (Å²) in [5, 5.41) is 0. The predicted octanol–water partition coefficient (Wildman–Crippen LogP) is 2.61. The van der Waals surface area contributed by atoms with Gasteiger partial charge in [0.15, 0.2) is 0 Å². The molecule has 2 rings (SSSR count). The third-order valence-corrected chi connectivity index (χ3v) is 5.53. The Hall–Kier alpha value is -0.160. The van der Waals surface area contributed by atoms with Crippen LogP contribution < -0.4 is 0 Å². The first-order chi connectivity index (χ1) is 8.31. The molecule has 0 bridgehead atoms. The number of carbonyl (C=O) groups excluding carboxylic acids is 1. The van der Waals surface area contributed by atoms with Crippen LogP contribution in [0.25, 0.3) is 0 Å². The Labute approximate surface area is 112 Å². The van der Waals surface area contributed by atoms with E-state index in [1.165, 1.54) is 19.3 Å². The minimum absolute atomic E-state index is 0.303. The zero-order valence-corrected chi connectivity index (χ0v) is 12.0. The summed E-state index contributed by atoms with van der Waals surface area (Å²) >= 11 is 3.40. The quantitative estimate of drug-likeness (QED) is 0.791. The maximum Gasteiger partial charge on any atom is 0.233 e. The van der Waals surface area contributed by atoms with Crippen molar-refractivity contribution < 1.29 is 4.79 Å². The first-order valence-electron chi connectivity index (χ1n) is 6.40. The average molecular weight is 272 g/mol. The van der Waals surface area contributed by atoms with Crippen LogP contribution in [-0.2, 0) is 4.79 Å². The maximum absolute atomic E-state index is 12.2. The monoisotopic (exact) mass is 272 g/mol. The number of aliphatic imine (C=N–C) groups is 1. The van der Waals surface area contributed by atoms with Crippen molar-refractivity contribution in [2.75, 3.05) is 24.6 Å². The summed E-state index contributed by atoms with van der Waals surface area (Å²) in [5.74, 6) is 1.96. The lowest BCUT2D eigenvalue weighted by Gasteiger charge is -2.35. The Kier molecular flexibility index (Phi) is 5.22. The number of piperidine rings is 1. The van der Waals surface area contributed by atoms with Gasteiger partial charge >= 0.3 is 0 Å². The van der Waals surface area contributed by atoms with Crippen molar-refractivity contribution in [3.05, 3.63) is 0 Å². The second-order valence-electron chi connectivity index (χ2n) is 4.43. The van der Waals surface area contributed by atoms with Crippen molar-refractivity contribution in [3.8, 4) is 0 Å². The lowest BCUT2D eigenvalue weighted by Crippen LogP contribution is -2.44. The van der Waals surface area contributed by atoms with Gasteiger partial charge in [0.05, 0.1) is 12.3 Å². The number of nitrogens with zero attached hydrogens (tertiary/aromatic N) is 2. The van der Waals surface area contributed by atoms with Gasteiger partial charge in [-0.15, -0.1) is 0 Å². The number of thioether (sulfide) groups is 2. The lowest BCUT2D eigenvalue weighted by atomic mass is 10.0. The largest absolute Gasteiger partial charge is 0.339 e. The highest BCUT2D eigenvalue weighted by Gasteiger charge is 2.25. The van der Waals surface area contributed by atoms with E-state index >= 15 is 0 Å². The van der Waals surface area contributed by atoms with E-state index in [0.717, 1.165) is 29.6 Å². The molecule has 0 aromatic carbocycles. The molecular weight excluding hydrogens is 252 g/mol. The predicted molar refractivity (Wildman–Crippen MR) is 76.9 cm³/mol. The van der Waals surface area contributed by atoms with Gasteiger partial charge in [0.1, 0.15) is 4.38 Å². The summed E-state index contributed by atoms with van der Waals surface area (Å²) in [6, 6.07) is 0.481. The lowest BCUT2D eigenvalue weighted by molar-refractivity contribution is -0.132. The normalized spacial score (nSPS) is 24.9. The molecule has 1 fully saturated rings. The molecule has 1 atom stereocenters. The van der Waals surface area contributed by atoms with E-state index in [-0.39, 0.29) is 0 Å². The van der Waals surface area contributed by atoms with Crippen LogP contribution in [0.1, 0.15) is 32.6 Å². The Bertz CT molecular complexity index is 307. The summed E-state index contributed by atoms with van der Waals surface area (Å²) in [6.45, 7) is 4.06. The molecule has 2 aliphatic heterocycles. The fourth-order valence-electron chi connectivity index (χ4n) is 2.36. The zero-order valence-electron chi connectivity index (χ0n) is 10.4. The van der Waals surface area contributed by atoms with Gasteiger partial charge in [-0.05, 0) is 25.7 Å². The van der Waals surface area contributed by atoms with Crippen molar-refractivity contribution in [1.82, 2.24) is 4.90 Å². The molecular formula is C12H20N2OS2. The van der Waals surface area contributed by atoms with Crippen LogP contribution >= 0.6 is 23.5 Å². The van der Waals surface area contributed by atoms with Crippen LogP contribution in [0.2, 0.25) is 0 Å². The van der Waals surface area contributed by atoms with Crippen LogP contribution in [0.3, 0.4) is 0 Å². The Morgan fingerprint density at radius 1 is 1.59 bits per heavy atom. The summed E-state index contributed by atoms with van der Waals surface area (Å²) in [4.78, 5) is 18.6. The van der Waals surface area contributed by atoms with Gasteiger partial charge in [-0.1, -0.05) is 30.4 Å². The smallest absolute Gasteiger partial charge is 0.233 e. The Morgan fingerprint density at radius 2 is 2.47 bits per heavy atom. The van der Waals surface area contributed by atoms with E-state index < -0.39 is 0 Å². The van der Waals surface area contributed by atoms with Crippen molar-refractivity contribution in [2.24, 2.45) is 4.99 Å². The molecule has 0 aliphatic carbocycles. The standard InChI is InChI=1S/C12H20N2OS2/c1-2-10-5-3-4-7-14(10)11(15)9-17-12-13-6-8-16-12/h10H,2-9H2,1H3/t10-/m1/s1. The highest BCUT2D eigenvalue weighted by atomic mass is 32.2. The number of hydrogen-bond donors (Lipinski definition) is 0. The molecule has 0 radical (unpaired) electrons. The van der Waals surface area contributed by atoms with E-state index in [2.05, 4.69) is 16.8 Å². The van der Waals surface area contributed by atoms with Gasteiger partial charge in [-0.3, -0.25) is 9.79 Å². The minimum atomic E-state index is 0.303. The van der Waals surface area contributed by atoms with Crippen molar-refractivity contribution in [3.63, 3.8) is 0 Å². The molecule has 1 amide bonds. The second-order valence-corrected chi connectivity index (χ2v) is 6.74. The number of amides is 1. The van der Waals surface area contributed by atoms with Gasteiger partial charge < -0.3 is 4.90 Å². The van der Waals surface area contributed by atoms with Crippen molar-refractivity contribution in [2.45, 2.75) is 38.6 Å². The molecule has 0 aromatic rings. The maximum atomic E-state index is 12.2. The molecule has 0 N–H and O–H groups in total. The Morgan fingerprint density at radius 3 is 3.18 bits per heavy atom. The van der Waals surface area contributed by atoms with Crippen LogP contribution in [0.4, 0.5) is 0 Å². The molecule has 3 nitrogen and oxygen atoms in total. The number of rotatable bonds is 3. The topological polar surface area (TPSA) is 32.7 Å². The van der Waals surface area contributed by atoms with Gasteiger partial charge in [0, 0.05) is 18.3 Å². The fraction of sp³-hybridized carbons (Fsp3) is 0.833. The summed E-state index contributed by atoms with van der Waals surface area (Å²) in [7, 11) is 0. The van der Waals surface area contributed by atoms with E-state index in [1.54, 1.807) is 23.5 Å². The van der Waals surface area contributed by atoms with Gasteiger partial charge in [-0.25, -0.2) is 0 Å². The molecule has 0 spiro atoms. The average Bonchev–Trinajstić information content (AvgIpc) is 2.89. The molecule has 2 heterocycles. The Balaban J connectivity index is 1.81. The first kappa shape index (κ1) is 13.3. The molecule has 1 saturated heterocycles. The first-order valence-corrected chi connectivity index (χ1v) is 8.38. The van der Waals surface area contributed by atoms with Crippen LogP contribution in [-0.4, -0.2) is 45.8 Å². The summed E-state index contributed by atoms with van der Waals surface area (Å²) in [5.41, 5.74) is 0. The number of hydrogen-bond acceptors (Lipinski definition) is 4. The van der Waals surface area contributed by atoms with E-state index in [0.29, 0.717) is 17.7 Å². The summed E-state index contributed by atoms with van der Waals surface area (Å²) < 4.78 is 1.10. The molecule has 17 heavy (non-hydrogen) atoms. The van der Waals surface area contributed by atoms with Gasteiger partial charge in [0.2, 0.25) is 5.91 Å². The molecule has 0 saturated carbocycles. The molecule has 0 unspecified atom stereocenters. The highest BCUT2D eigenvalue weighted by Crippen LogP contribution is 2.24. The van der Waals surface area contributed by atoms with Crippen LogP contribution in [0.15, 0.2) is 4.99 Å². The van der Waals surface area contributed by atoms with E-state index in [9.17, 15) is 4.79 Å². The molecule has 96 valence electrons. The number of carbonyl (C=O) groups is 1. The van der Waals surface area contributed by atoms with Crippen molar-refractivity contribution >= 4 is 33.8 Å². The SMILES string of the molecule is CC[C@@H]1CCCCN1C(=O)CSC1=NCCS1. The number of likely N-dealkylation sites (tertiary alicyclic amines) is 1. The molecule has 0 aromatic heterocycles.